The molecule has 1 heterocycles. The van der Waals surface area contributed by atoms with Crippen LogP contribution in [-0.4, -0.2) is 21.7 Å². The predicted octanol–water partition coefficient (Wildman–Crippen LogP) is 0.0669. The Labute approximate surface area is 109 Å². The number of H-pyrrole nitrogens is 2. The van der Waals surface area contributed by atoms with Crippen molar-refractivity contribution in [3.8, 4) is 0 Å². The average molecular weight is 261 g/mol. The molecule has 2 rings (SSSR count). The highest BCUT2D eigenvalue weighted by Crippen LogP contribution is 2.11. The lowest BCUT2D eigenvalue weighted by Gasteiger charge is -2.20. The number of nitrogens with one attached hydrogen (secondary N) is 2. The number of anilines is 2. The van der Waals surface area contributed by atoms with E-state index in [0.717, 1.165) is 5.56 Å². The predicted molar refractivity (Wildman–Crippen MR) is 73.1 cm³/mol. The molecule has 19 heavy (non-hydrogen) atoms. The molecule has 0 saturated carbocycles. The van der Waals surface area contributed by atoms with Gasteiger partial charge in [-0.15, -0.1) is 5.10 Å². The number of aromatic nitrogens is 3. The van der Waals surface area contributed by atoms with Crippen molar-refractivity contribution < 1.29 is 0 Å². The van der Waals surface area contributed by atoms with Crippen LogP contribution in [0.4, 0.5) is 11.5 Å². The SMILES string of the molecule is CCN(Cc1cccc(N)c1)c1n[nH]c(=O)[nH]c1=O. The monoisotopic (exact) mass is 261 g/mol. The maximum atomic E-state index is 11.7. The molecule has 0 amide bonds. The summed E-state index contributed by atoms with van der Waals surface area (Å²) in [6.45, 7) is 2.97. The molecule has 1 aromatic carbocycles. The molecule has 0 radical (unpaired) electrons. The minimum Gasteiger partial charge on any atom is -0.399 e. The second-order valence-electron chi connectivity index (χ2n) is 4.09. The first-order chi connectivity index (χ1) is 9.10. The van der Waals surface area contributed by atoms with Crippen LogP contribution in [0.1, 0.15) is 12.5 Å². The quantitative estimate of drug-likeness (QED) is 0.675. The summed E-state index contributed by atoms with van der Waals surface area (Å²) in [6, 6.07) is 7.40. The first kappa shape index (κ1) is 12.9. The Kier molecular flexibility index (Phi) is 3.65. The normalized spacial score (nSPS) is 10.4. The molecule has 0 fully saturated rings. The molecule has 0 spiro atoms. The first-order valence-corrected chi connectivity index (χ1v) is 5.88. The van der Waals surface area contributed by atoms with Crippen molar-refractivity contribution in [3.05, 3.63) is 50.7 Å². The Bertz CT molecular complexity index is 676. The highest BCUT2D eigenvalue weighted by molar-refractivity contribution is 5.43. The molecule has 0 aliphatic rings. The van der Waals surface area contributed by atoms with E-state index >= 15 is 0 Å². The van der Waals surface area contributed by atoms with Crippen LogP contribution in [0.2, 0.25) is 0 Å². The van der Waals surface area contributed by atoms with Gasteiger partial charge in [0, 0.05) is 18.8 Å². The Morgan fingerprint density at radius 1 is 1.37 bits per heavy atom. The van der Waals surface area contributed by atoms with E-state index < -0.39 is 11.2 Å². The van der Waals surface area contributed by atoms with Crippen LogP contribution >= 0.6 is 0 Å². The van der Waals surface area contributed by atoms with Gasteiger partial charge in [-0.05, 0) is 24.6 Å². The summed E-state index contributed by atoms with van der Waals surface area (Å²) in [5.74, 6) is 0.185. The standard InChI is InChI=1S/C12H15N5O2/c1-2-17(7-8-4-3-5-9(13)6-8)10-11(18)14-12(19)16-15-10/h3-6H,2,7,13H2,1H3,(H2,14,16,18,19). The zero-order valence-electron chi connectivity index (χ0n) is 10.5. The summed E-state index contributed by atoms with van der Waals surface area (Å²) in [5, 5.41) is 6.01. The van der Waals surface area contributed by atoms with Crippen molar-refractivity contribution in [1.29, 1.82) is 0 Å². The topological polar surface area (TPSA) is 108 Å². The van der Waals surface area contributed by atoms with Gasteiger partial charge in [0.15, 0.2) is 0 Å². The molecule has 4 N–H and O–H groups in total. The molecule has 0 aliphatic heterocycles. The van der Waals surface area contributed by atoms with Crippen molar-refractivity contribution in [1.82, 2.24) is 15.2 Å². The van der Waals surface area contributed by atoms with E-state index in [4.69, 9.17) is 5.73 Å². The van der Waals surface area contributed by atoms with Crippen molar-refractivity contribution in [2.45, 2.75) is 13.5 Å². The summed E-state index contributed by atoms with van der Waals surface area (Å²) in [7, 11) is 0. The van der Waals surface area contributed by atoms with E-state index in [1.54, 1.807) is 11.0 Å². The number of nitrogens with two attached hydrogens (primary N) is 1. The fourth-order valence-corrected chi connectivity index (χ4v) is 1.80. The minimum atomic E-state index is -0.617. The number of aromatic amines is 2. The molecule has 7 nitrogen and oxygen atoms in total. The maximum Gasteiger partial charge on any atom is 0.342 e. The van der Waals surface area contributed by atoms with Gasteiger partial charge >= 0.3 is 5.69 Å². The van der Waals surface area contributed by atoms with Gasteiger partial charge in [-0.25, -0.2) is 9.89 Å². The molecular weight excluding hydrogens is 246 g/mol. The molecule has 7 heteroatoms. The van der Waals surface area contributed by atoms with Crippen molar-refractivity contribution >= 4 is 11.5 Å². The molecule has 0 aliphatic carbocycles. The molecule has 0 bridgehead atoms. The van der Waals surface area contributed by atoms with Crippen LogP contribution in [0, 0.1) is 0 Å². The Morgan fingerprint density at radius 2 is 2.16 bits per heavy atom. The maximum absolute atomic E-state index is 11.7. The lowest BCUT2D eigenvalue weighted by Crippen LogP contribution is -2.34. The van der Waals surface area contributed by atoms with E-state index in [2.05, 4.69) is 15.2 Å². The van der Waals surface area contributed by atoms with Crippen LogP contribution in [0.3, 0.4) is 0 Å². The molecule has 1 aromatic heterocycles. The van der Waals surface area contributed by atoms with Gasteiger partial charge in [0.2, 0.25) is 5.82 Å². The van der Waals surface area contributed by atoms with Crippen molar-refractivity contribution in [3.63, 3.8) is 0 Å². The van der Waals surface area contributed by atoms with Gasteiger partial charge in [0.05, 0.1) is 0 Å². The van der Waals surface area contributed by atoms with Gasteiger partial charge < -0.3 is 10.6 Å². The number of hydrogen-bond donors (Lipinski definition) is 3. The van der Waals surface area contributed by atoms with Gasteiger partial charge in [0.25, 0.3) is 5.56 Å². The second kappa shape index (κ2) is 5.38. The van der Waals surface area contributed by atoms with Crippen molar-refractivity contribution in [2.24, 2.45) is 0 Å². The Hall–Kier alpha value is -2.57. The van der Waals surface area contributed by atoms with Gasteiger partial charge in [-0.1, -0.05) is 12.1 Å². The van der Waals surface area contributed by atoms with Gasteiger partial charge in [-0.2, -0.15) is 0 Å². The fourth-order valence-electron chi connectivity index (χ4n) is 1.80. The number of nitrogen functional groups attached to an aromatic ring is 1. The summed E-state index contributed by atoms with van der Waals surface area (Å²) < 4.78 is 0. The molecule has 0 atom stereocenters. The zero-order chi connectivity index (χ0) is 13.8. The zero-order valence-corrected chi connectivity index (χ0v) is 10.5. The van der Waals surface area contributed by atoms with Gasteiger partial charge in [0.1, 0.15) is 0 Å². The third kappa shape index (κ3) is 3.01. The van der Waals surface area contributed by atoms with E-state index in [9.17, 15) is 9.59 Å². The number of hydrogen-bond acceptors (Lipinski definition) is 5. The highest BCUT2D eigenvalue weighted by atomic mass is 16.2. The largest absolute Gasteiger partial charge is 0.399 e. The second-order valence-corrected chi connectivity index (χ2v) is 4.09. The Morgan fingerprint density at radius 3 is 2.79 bits per heavy atom. The average Bonchev–Trinajstić information content (AvgIpc) is 2.37. The fraction of sp³-hybridized carbons (Fsp3) is 0.250. The molecule has 0 saturated heterocycles. The van der Waals surface area contributed by atoms with E-state index in [0.29, 0.717) is 18.8 Å². The highest BCUT2D eigenvalue weighted by Gasteiger charge is 2.11. The molecule has 100 valence electrons. The molecular formula is C12H15N5O2. The summed E-state index contributed by atoms with van der Waals surface area (Å²) >= 11 is 0. The van der Waals surface area contributed by atoms with Crippen LogP contribution in [-0.2, 0) is 6.54 Å². The van der Waals surface area contributed by atoms with Crippen molar-refractivity contribution in [2.75, 3.05) is 17.2 Å². The van der Waals surface area contributed by atoms with Crippen LogP contribution in [0.25, 0.3) is 0 Å². The van der Waals surface area contributed by atoms with E-state index in [-0.39, 0.29) is 5.82 Å². The third-order valence-corrected chi connectivity index (χ3v) is 2.70. The molecule has 2 aromatic rings. The lowest BCUT2D eigenvalue weighted by atomic mass is 10.2. The third-order valence-electron chi connectivity index (χ3n) is 2.70. The van der Waals surface area contributed by atoms with Crippen LogP contribution < -0.4 is 21.9 Å². The van der Waals surface area contributed by atoms with Gasteiger partial charge in [-0.3, -0.25) is 9.78 Å². The smallest absolute Gasteiger partial charge is 0.342 e. The first-order valence-electron chi connectivity index (χ1n) is 5.88. The summed E-state index contributed by atoms with van der Waals surface area (Å²) in [4.78, 5) is 26.5. The number of benzene rings is 1. The number of nitrogens with zero attached hydrogens (tertiary/aromatic N) is 2. The Balaban J connectivity index is 2.30. The van der Waals surface area contributed by atoms with E-state index in [1.165, 1.54) is 0 Å². The lowest BCUT2D eigenvalue weighted by molar-refractivity contribution is 0.765. The van der Waals surface area contributed by atoms with Crippen LogP contribution in [0.15, 0.2) is 33.9 Å². The molecule has 0 unspecified atom stereocenters. The van der Waals surface area contributed by atoms with Crippen LogP contribution in [0.5, 0.6) is 0 Å². The summed E-state index contributed by atoms with van der Waals surface area (Å²) in [5.41, 5.74) is 6.22. The van der Waals surface area contributed by atoms with E-state index in [1.807, 2.05) is 25.1 Å². The summed E-state index contributed by atoms with van der Waals surface area (Å²) in [6.07, 6.45) is 0. The minimum absolute atomic E-state index is 0.185. The number of rotatable bonds is 4.